The smallest absolute Gasteiger partial charge is 0.305 e. The Kier molecular flexibility index (Phi) is 48.2. The lowest BCUT2D eigenvalue weighted by molar-refractivity contribution is -0.299. The topological polar surface area (TPSA) is 692 Å². The maximum atomic E-state index is 15.2. The number of Topliss-reactive ketones (excluding diaryl/α,β-unsaturated/α-hetero) is 6. The molecule has 0 bridgehead atoms. The van der Waals surface area contributed by atoms with E-state index in [0.717, 1.165) is 28.5 Å². The molecular formula is C84H131N11O30S2. The van der Waals surface area contributed by atoms with Crippen LogP contribution in [0.4, 0.5) is 0 Å². The number of nitrogens with two attached hydrogens (primary N) is 3. The number of ketones is 6. The highest BCUT2D eigenvalue weighted by Gasteiger charge is 2.46. The number of nitrogens with one attached hydrogen (secondary N) is 5. The highest BCUT2D eigenvalue weighted by Crippen LogP contribution is 2.33. The Morgan fingerprint density at radius 1 is 0.535 bits per heavy atom. The Labute approximate surface area is 744 Å². The van der Waals surface area contributed by atoms with E-state index in [4.69, 9.17) is 31.4 Å². The van der Waals surface area contributed by atoms with Crippen molar-refractivity contribution < 1.29 is 147 Å². The van der Waals surface area contributed by atoms with Gasteiger partial charge >= 0.3 is 17.9 Å². The maximum absolute atomic E-state index is 15.2. The molecule has 714 valence electrons. The van der Waals surface area contributed by atoms with Gasteiger partial charge in [0.05, 0.1) is 99.2 Å². The zero-order chi connectivity index (χ0) is 95.4. The fraction of sp³-hybridized carbons (Fsp3) is 0.714. The second-order valence-corrected chi connectivity index (χ2v) is 36.5. The molecule has 1 aromatic heterocycles. The van der Waals surface area contributed by atoms with E-state index < -0.39 is 310 Å². The van der Waals surface area contributed by atoms with Gasteiger partial charge in [-0.3, -0.25) is 81.4 Å². The number of aromatic nitrogens is 3. The van der Waals surface area contributed by atoms with Gasteiger partial charge in [0, 0.05) is 99.5 Å². The summed E-state index contributed by atoms with van der Waals surface area (Å²) in [4.78, 5) is 221. The third kappa shape index (κ3) is 37.4. The van der Waals surface area contributed by atoms with E-state index in [-0.39, 0.29) is 106 Å². The van der Waals surface area contributed by atoms with Crippen LogP contribution in [0.3, 0.4) is 0 Å². The SMILES string of the molecule is CCC(C)[C@H](CC(=O)[C@H](CC(=O)O)NC(=O)[C@@H](CC(=O)[C@@H](NC(=O)[C@H](CCn1cc([C@H]2C[C@@H](O)[C@@H](O)C(CO)O2)nn1)CC(=O)[C@H](Cc1ccccc1)NC(=O)[C@H](CC(=O)O)CC(=O)[C@@H](N)CCC(N)=O)C(C)CC)C(C)O)C(=O)N[C@@H](CSSCCO[C@H]1OC(CO)[C@@H](O)[C@H](O)C1O)C(=O)C[C@@H](CC(C)C)C(=O)N[C@@H](CC(C)C)C(=O)C[C@@H](CCC(=O)O)C(N)=O. The number of aryl methyl sites for hydroxylation is 1. The molecule has 24 atom stereocenters. The number of hydrogen-bond donors (Lipinski definition) is 19. The van der Waals surface area contributed by atoms with Gasteiger partial charge in [0.25, 0.3) is 0 Å². The predicted molar refractivity (Wildman–Crippen MR) is 456 cm³/mol. The molecule has 2 aromatic rings. The van der Waals surface area contributed by atoms with Crippen LogP contribution in [-0.4, -0.2) is 288 Å². The van der Waals surface area contributed by atoms with E-state index in [9.17, 15) is 119 Å². The number of amides is 7. The van der Waals surface area contributed by atoms with Crippen LogP contribution in [0.15, 0.2) is 36.5 Å². The standard InChI is InChI=1S/C84H131N11O30S2/c1-10-43(7)51(82(121)91-58(40-127-126-24-23-123-84-77(116)76(115)75(114)68(39-97)125-84)62(102)31-49(25-41(3)4)80(119)88-54(26-42(5)6)60(100)28-47(78(87)117)17-20-70(107)108)33-63(103)56(35-72(111)112)90-83(122)52(45(9)98)34-64(104)73(44(8)11-2)92-79(118)48(21-22-95-37-57(93-94-95)66-36-65(105)74(113)67(38-96)124-66)29-61(101)55(27-46-15-13-12-14-16-46)89-81(120)50(32-71(109)110)30-59(99)53(85)18-19-69(86)106/h12-16,37,41-45,47-56,58,65-68,73-77,84,96-98,105,113-116H,10-11,17-36,38-40,85H2,1-9H3,(H2,86,106)(H2,87,117)(H,88,119)(H,89,120)(H,90,122)(H,91,121)(H,92,118)(H,107,108)(H,109,110)(H,111,112)/t43?,44?,45?,47-,48-,49-,50+,51+,52+,53+,54+,55+,56+,58+,65-,66-,67?,68?,73+,74-,75-,76+,77?,84+/m1/s1. The molecule has 3 heterocycles. The molecule has 7 amide bonds. The summed E-state index contributed by atoms with van der Waals surface area (Å²) in [7, 11) is 2.12. The first-order chi connectivity index (χ1) is 59.7. The Balaban J connectivity index is 1.71. The minimum Gasteiger partial charge on any atom is -0.481 e. The van der Waals surface area contributed by atoms with Gasteiger partial charge in [0.2, 0.25) is 41.4 Å². The van der Waals surface area contributed by atoms with Gasteiger partial charge in [-0.05, 0) is 74.7 Å². The number of carboxylic acid groups (broad SMARTS) is 3. The van der Waals surface area contributed by atoms with Gasteiger partial charge in [-0.25, -0.2) is 0 Å². The zero-order valence-electron chi connectivity index (χ0n) is 73.2. The van der Waals surface area contributed by atoms with Crippen molar-refractivity contribution >= 4 is 116 Å². The Bertz CT molecular complexity index is 3970. The van der Waals surface area contributed by atoms with E-state index in [0.29, 0.717) is 5.56 Å². The Morgan fingerprint density at radius 3 is 1.65 bits per heavy atom. The van der Waals surface area contributed by atoms with Crippen LogP contribution in [0.5, 0.6) is 0 Å². The molecule has 2 aliphatic rings. The molecule has 1 aromatic carbocycles. The lowest BCUT2D eigenvalue weighted by atomic mass is 9.84. The van der Waals surface area contributed by atoms with Gasteiger partial charge in [-0.1, -0.05) is 125 Å². The van der Waals surface area contributed by atoms with Crippen molar-refractivity contribution in [1.82, 2.24) is 41.6 Å². The highest BCUT2D eigenvalue weighted by atomic mass is 33.1. The summed E-state index contributed by atoms with van der Waals surface area (Å²) in [6, 6.07) is -0.946. The molecule has 127 heavy (non-hydrogen) atoms. The number of hydrogen-bond acceptors (Lipinski definition) is 32. The molecule has 2 fully saturated rings. The molecule has 4 rings (SSSR count). The van der Waals surface area contributed by atoms with Crippen LogP contribution < -0.4 is 43.8 Å². The third-order valence-electron chi connectivity index (χ3n) is 22.7. The number of carbonyl (C=O) groups excluding carboxylic acids is 13. The summed E-state index contributed by atoms with van der Waals surface area (Å²) in [5, 5.41) is 134. The van der Waals surface area contributed by atoms with Gasteiger partial charge in [-0.2, -0.15) is 0 Å². The number of aliphatic hydroxyl groups excluding tert-OH is 8. The number of primary amides is 2. The van der Waals surface area contributed by atoms with Crippen LogP contribution in [0.25, 0.3) is 0 Å². The van der Waals surface area contributed by atoms with E-state index in [1.165, 1.54) is 10.9 Å². The van der Waals surface area contributed by atoms with Crippen molar-refractivity contribution in [3.05, 3.63) is 47.8 Å². The summed E-state index contributed by atoms with van der Waals surface area (Å²) in [5.41, 5.74) is 17.4. The number of ether oxygens (including phenoxy) is 3. The van der Waals surface area contributed by atoms with Gasteiger partial charge in [0.15, 0.2) is 35.2 Å². The summed E-state index contributed by atoms with van der Waals surface area (Å²) in [6.07, 6.45) is -21.1. The summed E-state index contributed by atoms with van der Waals surface area (Å²) >= 11 is 0. The fourth-order valence-electron chi connectivity index (χ4n) is 14.7. The first kappa shape index (κ1) is 111. The quantitative estimate of drug-likeness (QED) is 0.0279. The minimum absolute atomic E-state index is 0.0484. The molecule has 0 aliphatic carbocycles. The lowest BCUT2D eigenvalue weighted by Gasteiger charge is -2.39. The van der Waals surface area contributed by atoms with Crippen molar-refractivity contribution in [3.63, 3.8) is 0 Å². The summed E-state index contributed by atoms with van der Waals surface area (Å²) < 4.78 is 18.1. The lowest BCUT2D eigenvalue weighted by Crippen LogP contribution is -2.59. The monoisotopic (exact) mass is 1840 g/mol. The van der Waals surface area contributed by atoms with Crippen LogP contribution >= 0.6 is 21.6 Å². The van der Waals surface area contributed by atoms with Crippen molar-refractivity contribution in [2.45, 2.75) is 288 Å². The number of rotatable bonds is 63. The van der Waals surface area contributed by atoms with Gasteiger partial charge in [-0.15, -0.1) is 5.10 Å². The first-order valence-electron chi connectivity index (χ1n) is 42.8. The molecule has 2 saturated heterocycles. The van der Waals surface area contributed by atoms with Gasteiger partial charge < -0.3 is 114 Å². The second kappa shape index (κ2) is 55.4. The molecule has 0 spiro atoms. The molecule has 22 N–H and O–H groups in total. The van der Waals surface area contributed by atoms with E-state index >= 15 is 14.4 Å². The number of nitrogens with zero attached hydrogens (tertiary/aromatic N) is 3. The highest BCUT2D eigenvalue weighted by molar-refractivity contribution is 8.76. The number of carbonyl (C=O) groups is 16. The van der Waals surface area contributed by atoms with E-state index in [1.807, 2.05) is 0 Å². The summed E-state index contributed by atoms with van der Waals surface area (Å²) in [5.74, 6) is -26.7. The normalized spacial score (nSPS) is 21.8. The number of aliphatic hydroxyl groups is 8. The molecule has 43 heteroatoms. The summed E-state index contributed by atoms with van der Waals surface area (Å²) in [6.45, 7) is 12.8. The molecule has 41 nitrogen and oxygen atoms in total. The molecule has 0 saturated carbocycles. The van der Waals surface area contributed by atoms with Crippen LogP contribution in [0, 0.1) is 59.2 Å². The van der Waals surface area contributed by atoms with Crippen molar-refractivity contribution in [2.24, 2.45) is 76.4 Å². The van der Waals surface area contributed by atoms with Crippen LogP contribution in [0.1, 0.15) is 195 Å². The number of benzene rings is 1. The number of carboxylic acids is 3. The predicted octanol–water partition coefficient (Wildman–Crippen LogP) is -1.01. The third-order valence-corrected chi connectivity index (χ3v) is 25.1. The van der Waals surface area contributed by atoms with E-state index in [2.05, 4.69) is 36.9 Å². The number of aliphatic carboxylic acids is 3. The Morgan fingerprint density at radius 2 is 1.07 bits per heavy atom. The second-order valence-electron chi connectivity index (χ2n) is 33.9. The van der Waals surface area contributed by atoms with Gasteiger partial charge in [0.1, 0.15) is 54.2 Å². The molecule has 6 unspecified atom stereocenters. The zero-order valence-corrected chi connectivity index (χ0v) is 74.9. The van der Waals surface area contributed by atoms with Crippen molar-refractivity contribution in [2.75, 3.05) is 31.3 Å². The Hall–Kier alpha value is -8.70. The largest absolute Gasteiger partial charge is 0.481 e. The van der Waals surface area contributed by atoms with Crippen LogP contribution in [0.2, 0.25) is 0 Å². The molecule has 2 aliphatic heterocycles. The van der Waals surface area contributed by atoms with Crippen molar-refractivity contribution in [3.8, 4) is 0 Å². The molecule has 0 radical (unpaired) electrons. The first-order valence-corrected chi connectivity index (χ1v) is 45.3. The van der Waals surface area contributed by atoms with Crippen LogP contribution in [-0.2, 0) is 104 Å². The fourth-order valence-corrected chi connectivity index (χ4v) is 16.7. The maximum Gasteiger partial charge on any atom is 0.305 e. The van der Waals surface area contributed by atoms with E-state index in [1.54, 1.807) is 85.7 Å². The minimum atomic E-state index is -1.97. The van der Waals surface area contributed by atoms with Crippen molar-refractivity contribution in [1.29, 1.82) is 0 Å². The average molecular weight is 1840 g/mol. The molecular weight excluding hydrogens is 1710 g/mol. The average Bonchev–Trinajstić information content (AvgIpc) is 1.80.